The van der Waals surface area contributed by atoms with Crippen LogP contribution in [0.2, 0.25) is 0 Å². The summed E-state index contributed by atoms with van der Waals surface area (Å²) in [5, 5.41) is 3.52. The lowest BCUT2D eigenvalue weighted by atomic mass is 9.88. The van der Waals surface area contributed by atoms with E-state index in [-0.39, 0.29) is 0 Å². The fourth-order valence-corrected chi connectivity index (χ4v) is 3.09. The summed E-state index contributed by atoms with van der Waals surface area (Å²) >= 11 is 0. The average molecular weight is 231 g/mol. The highest BCUT2D eigenvalue weighted by molar-refractivity contribution is 5.27. The highest BCUT2D eigenvalue weighted by atomic mass is 14.8. The molecule has 1 fully saturated rings. The molecule has 2 rings (SSSR count). The Hall–Kier alpha value is -0.820. The molecule has 0 bridgehead atoms. The van der Waals surface area contributed by atoms with E-state index in [0.29, 0.717) is 0 Å². The number of aryl methyl sites for hydroxylation is 1. The first-order valence-electron chi connectivity index (χ1n) is 7.14. The SMILES string of the molecule is CCNCC1CCCC1c1cccc(CC)c1. The van der Waals surface area contributed by atoms with Crippen molar-refractivity contribution in [2.45, 2.75) is 45.4 Å². The minimum absolute atomic E-state index is 0.792. The van der Waals surface area contributed by atoms with Crippen LogP contribution in [0.25, 0.3) is 0 Å². The van der Waals surface area contributed by atoms with Gasteiger partial charge in [-0.2, -0.15) is 0 Å². The molecule has 0 aromatic heterocycles. The van der Waals surface area contributed by atoms with Crippen LogP contribution in [0.15, 0.2) is 24.3 Å². The first-order chi connectivity index (χ1) is 8.35. The second kappa shape index (κ2) is 6.20. The maximum absolute atomic E-state index is 3.52. The average Bonchev–Trinajstić information content (AvgIpc) is 2.84. The number of hydrogen-bond donors (Lipinski definition) is 1. The molecule has 2 atom stereocenters. The molecule has 1 aliphatic carbocycles. The molecule has 1 saturated carbocycles. The van der Waals surface area contributed by atoms with Crippen molar-refractivity contribution < 1.29 is 0 Å². The maximum atomic E-state index is 3.52. The summed E-state index contributed by atoms with van der Waals surface area (Å²) in [4.78, 5) is 0. The molecular formula is C16H25N. The minimum Gasteiger partial charge on any atom is -0.317 e. The van der Waals surface area contributed by atoms with E-state index in [9.17, 15) is 0 Å². The fraction of sp³-hybridized carbons (Fsp3) is 0.625. The molecule has 1 aliphatic rings. The van der Waals surface area contributed by atoms with Crippen LogP contribution in [-0.4, -0.2) is 13.1 Å². The Morgan fingerprint density at radius 2 is 2.12 bits per heavy atom. The Kier molecular flexibility index (Phi) is 4.61. The molecule has 1 nitrogen and oxygen atoms in total. The predicted octanol–water partition coefficient (Wildman–Crippen LogP) is 3.74. The zero-order valence-corrected chi connectivity index (χ0v) is 11.2. The van der Waals surface area contributed by atoms with Gasteiger partial charge in [0.15, 0.2) is 0 Å². The smallest absolute Gasteiger partial charge is 0.00148 e. The highest BCUT2D eigenvalue weighted by Crippen LogP contribution is 2.39. The van der Waals surface area contributed by atoms with E-state index in [0.717, 1.165) is 24.8 Å². The lowest BCUT2D eigenvalue weighted by Crippen LogP contribution is -2.24. The second-order valence-corrected chi connectivity index (χ2v) is 5.20. The monoisotopic (exact) mass is 231 g/mol. The third kappa shape index (κ3) is 3.10. The van der Waals surface area contributed by atoms with Crippen molar-refractivity contribution in [1.29, 1.82) is 0 Å². The van der Waals surface area contributed by atoms with Crippen molar-refractivity contribution in [3.63, 3.8) is 0 Å². The summed E-state index contributed by atoms with van der Waals surface area (Å²) in [6, 6.07) is 9.23. The third-order valence-electron chi connectivity index (χ3n) is 4.10. The van der Waals surface area contributed by atoms with Gasteiger partial charge in [0.25, 0.3) is 0 Å². The van der Waals surface area contributed by atoms with Gasteiger partial charge < -0.3 is 5.32 Å². The van der Waals surface area contributed by atoms with E-state index < -0.39 is 0 Å². The van der Waals surface area contributed by atoms with Crippen molar-refractivity contribution >= 4 is 0 Å². The second-order valence-electron chi connectivity index (χ2n) is 5.20. The Balaban J connectivity index is 2.08. The van der Waals surface area contributed by atoms with Crippen molar-refractivity contribution in [2.75, 3.05) is 13.1 Å². The van der Waals surface area contributed by atoms with Gasteiger partial charge in [0.05, 0.1) is 0 Å². The quantitative estimate of drug-likeness (QED) is 0.814. The van der Waals surface area contributed by atoms with Crippen LogP contribution in [0.3, 0.4) is 0 Å². The van der Waals surface area contributed by atoms with Gasteiger partial charge in [0.2, 0.25) is 0 Å². The first-order valence-corrected chi connectivity index (χ1v) is 7.14. The summed E-state index contributed by atoms with van der Waals surface area (Å²) in [7, 11) is 0. The molecule has 0 spiro atoms. The molecule has 2 unspecified atom stereocenters. The largest absolute Gasteiger partial charge is 0.317 e. The van der Waals surface area contributed by atoms with Crippen molar-refractivity contribution in [3.8, 4) is 0 Å². The number of nitrogens with one attached hydrogen (secondary N) is 1. The van der Waals surface area contributed by atoms with Gasteiger partial charge in [-0.3, -0.25) is 0 Å². The topological polar surface area (TPSA) is 12.0 Å². The van der Waals surface area contributed by atoms with Crippen LogP contribution in [-0.2, 0) is 6.42 Å². The summed E-state index contributed by atoms with van der Waals surface area (Å²) in [6.45, 7) is 6.72. The predicted molar refractivity (Wildman–Crippen MR) is 74.4 cm³/mol. The Morgan fingerprint density at radius 3 is 2.88 bits per heavy atom. The van der Waals surface area contributed by atoms with Gasteiger partial charge in [-0.15, -0.1) is 0 Å². The molecule has 0 amide bonds. The van der Waals surface area contributed by atoms with Gasteiger partial charge in [-0.05, 0) is 55.3 Å². The summed E-state index contributed by atoms with van der Waals surface area (Å²) in [5.74, 6) is 1.64. The molecule has 17 heavy (non-hydrogen) atoms. The summed E-state index contributed by atoms with van der Waals surface area (Å²) < 4.78 is 0. The highest BCUT2D eigenvalue weighted by Gasteiger charge is 2.27. The number of benzene rings is 1. The van der Waals surface area contributed by atoms with Crippen LogP contribution in [0.5, 0.6) is 0 Å². The standard InChI is InChI=1S/C16H25N/c1-3-13-7-5-8-14(11-13)16-10-6-9-15(16)12-17-4-2/h5,7-8,11,15-17H,3-4,6,9-10,12H2,1-2H3. The molecule has 0 heterocycles. The Bertz CT molecular complexity index is 345. The van der Waals surface area contributed by atoms with Gasteiger partial charge in [0.1, 0.15) is 0 Å². The van der Waals surface area contributed by atoms with E-state index in [2.05, 4.69) is 43.4 Å². The van der Waals surface area contributed by atoms with Crippen LogP contribution < -0.4 is 5.32 Å². The van der Waals surface area contributed by atoms with E-state index in [1.807, 2.05) is 0 Å². The molecule has 0 saturated heterocycles. The lowest BCUT2D eigenvalue weighted by Gasteiger charge is -2.20. The maximum Gasteiger partial charge on any atom is -0.00148 e. The fourth-order valence-electron chi connectivity index (χ4n) is 3.09. The Labute approximate surface area is 106 Å². The molecule has 0 radical (unpaired) electrons. The molecule has 0 aliphatic heterocycles. The van der Waals surface area contributed by atoms with E-state index in [1.54, 1.807) is 5.56 Å². The zero-order valence-electron chi connectivity index (χ0n) is 11.2. The third-order valence-corrected chi connectivity index (χ3v) is 4.10. The van der Waals surface area contributed by atoms with Crippen molar-refractivity contribution in [3.05, 3.63) is 35.4 Å². The number of hydrogen-bond acceptors (Lipinski definition) is 1. The van der Waals surface area contributed by atoms with Crippen LogP contribution in [0.1, 0.15) is 50.2 Å². The van der Waals surface area contributed by atoms with Gasteiger partial charge in [0, 0.05) is 0 Å². The zero-order chi connectivity index (χ0) is 12.1. The number of rotatable bonds is 5. The van der Waals surface area contributed by atoms with Crippen LogP contribution >= 0.6 is 0 Å². The van der Waals surface area contributed by atoms with Gasteiger partial charge in [-0.1, -0.05) is 44.5 Å². The van der Waals surface area contributed by atoms with Crippen LogP contribution in [0.4, 0.5) is 0 Å². The normalized spacial score (nSPS) is 24.1. The molecule has 1 N–H and O–H groups in total. The van der Waals surface area contributed by atoms with E-state index in [4.69, 9.17) is 0 Å². The minimum atomic E-state index is 0.792. The molecule has 1 aromatic carbocycles. The summed E-state index contributed by atoms with van der Waals surface area (Å²) in [6.07, 6.45) is 5.33. The summed E-state index contributed by atoms with van der Waals surface area (Å²) in [5.41, 5.74) is 3.06. The van der Waals surface area contributed by atoms with Crippen LogP contribution in [0, 0.1) is 5.92 Å². The van der Waals surface area contributed by atoms with Gasteiger partial charge >= 0.3 is 0 Å². The van der Waals surface area contributed by atoms with Crippen molar-refractivity contribution in [1.82, 2.24) is 5.32 Å². The van der Waals surface area contributed by atoms with Gasteiger partial charge in [-0.25, -0.2) is 0 Å². The van der Waals surface area contributed by atoms with E-state index >= 15 is 0 Å². The van der Waals surface area contributed by atoms with Crippen molar-refractivity contribution in [2.24, 2.45) is 5.92 Å². The van der Waals surface area contributed by atoms with E-state index in [1.165, 1.54) is 31.4 Å². The lowest BCUT2D eigenvalue weighted by molar-refractivity contribution is 0.450. The Morgan fingerprint density at radius 1 is 1.24 bits per heavy atom. The molecular weight excluding hydrogens is 206 g/mol. The molecule has 1 aromatic rings. The first kappa shape index (κ1) is 12.6. The molecule has 94 valence electrons. The molecule has 1 heteroatoms.